The molecule has 0 amide bonds. The lowest BCUT2D eigenvalue weighted by Crippen LogP contribution is -2.42. The number of carbonyl (C=O) groups is 2. The molecule has 0 spiro atoms. The van der Waals surface area contributed by atoms with E-state index in [0.29, 0.717) is 12.4 Å². The van der Waals surface area contributed by atoms with Crippen LogP contribution in [0.25, 0.3) is 0 Å². The average molecular weight is 302 g/mol. The molecule has 2 unspecified atom stereocenters. The third-order valence-corrected chi connectivity index (χ3v) is 4.04. The van der Waals surface area contributed by atoms with Gasteiger partial charge >= 0.3 is 11.9 Å². The summed E-state index contributed by atoms with van der Waals surface area (Å²) in [4.78, 5) is 23.3. The first-order valence-corrected chi connectivity index (χ1v) is 7.80. The molecule has 0 N–H and O–H groups in total. The monoisotopic (exact) mass is 302 g/mol. The molecule has 1 fully saturated rings. The summed E-state index contributed by atoms with van der Waals surface area (Å²) in [5.41, 5.74) is 0.244. The van der Waals surface area contributed by atoms with Crippen LogP contribution in [0.15, 0.2) is 12.2 Å². The summed E-state index contributed by atoms with van der Waals surface area (Å²) < 4.78 is 15.9. The molecule has 6 heteroatoms. The molecular formula is C14H22O5S. The Labute approximate surface area is 124 Å². The summed E-state index contributed by atoms with van der Waals surface area (Å²) in [6, 6.07) is 0. The number of hydrogen-bond donors (Lipinski definition) is 0. The molecule has 0 radical (unpaired) electrons. The Morgan fingerprint density at radius 3 is 2.75 bits per heavy atom. The van der Waals surface area contributed by atoms with Crippen LogP contribution in [-0.2, 0) is 23.8 Å². The maximum absolute atomic E-state index is 12.0. The Morgan fingerprint density at radius 2 is 2.10 bits per heavy atom. The summed E-state index contributed by atoms with van der Waals surface area (Å²) >= 11 is 1.68. The fourth-order valence-corrected chi connectivity index (χ4v) is 2.62. The van der Waals surface area contributed by atoms with Gasteiger partial charge in [-0.1, -0.05) is 6.58 Å². The number of ether oxygens (including phenoxy) is 3. The topological polar surface area (TPSA) is 61.8 Å². The predicted octanol–water partition coefficient (Wildman–Crippen LogP) is 2.30. The molecule has 0 aromatic heterocycles. The molecule has 114 valence electrons. The minimum atomic E-state index is -0.977. The van der Waals surface area contributed by atoms with E-state index in [0.717, 1.165) is 18.6 Å². The molecule has 0 saturated carbocycles. The van der Waals surface area contributed by atoms with E-state index in [2.05, 4.69) is 6.58 Å². The second-order valence-corrected chi connectivity index (χ2v) is 6.10. The Hall–Kier alpha value is -1.01. The molecule has 2 atom stereocenters. The van der Waals surface area contributed by atoms with E-state index < -0.39 is 23.8 Å². The minimum absolute atomic E-state index is 0.244. The van der Waals surface area contributed by atoms with Crippen molar-refractivity contribution in [2.45, 2.75) is 45.5 Å². The number of rotatable bonds is 4. The van der Waals surface area contributed by atoms with Crippen molar-refractivity contribution in [3.63, 3.8) is 0 Å². The summed E-state index contributed by atoms with van der Waals surface area (Å²) in [5, 5.41) is 0. The standard InChI is InChI=1S/C14H22O5S/c1-10(2)12(15)18-11(3)13(16)19-14(4)9-20-8-6-5-7-17-14/h11H,1,5-9H2,2-4H3. The van der Waals surface area contributed by atoms with E-state index in [1.54, 1.807) is 18.7 Å². The van der Waals surface area contributed by atoms with Crippen molar-refractivity contribution in [1.82, 2.24) is 0 Å². The van der Waals surface area contributed by atoms with Gasteiger partial charge in [0.1, 0.15) is 0 Å². The molecule has 1 rings (SSSR count). The van der Waals surface area contributed by atoms with Crippen LogP contribution >= 0.6 is 11.8 Å². The molecule has 20 heavy (non-hydrogen) atoms. The maximum atomic E-state index is 12.0. The summed E-state index contributed by atoms with van der Waals surface area (Å²) in [5.74, 6) is -0.585. The van der Waals surface area contributed by atoms with E-state index in [1.165, 1.54) is 13.8 Å². The van der Waals surface area contributed by atoms with E-state index >= 15 is 0 Å². The smallest absolute Gasteiger partial charge is 0.349 e. The first-order valence-electron chi connectivity index (χ1n) is 6.65. The summed E-state index contributed by atoms with van der Waals surface area (Å²) in [6.07, 6.45) is 1.07. The van der Waals surface area contributed by atoms with Gasteiger partial charge in [-0.05, 0) is 32.4 Å². The van der Waals surface area contributed by atoms with Gasteiger partial charge in [0.05, 0.1) is 12.4 Å². The van der Waals surface area contributed by atoms with E-state index in [4.69, 9.17) is 14.2 Å². The third-order valence-electron chi connectivity index (χ3n) is 2.74. The van der Waals surface area contributed by atoms with Gasteiger partial charge in [0.15, 0.2) is 6.10 Å². The van der Waals surface area contributed by atoms with Gasteiger partial charge in [-0.2, -0.15) is 11.8 Å². The number of carbonyl (C=O) groups excluding carboxylic acids is 2. The van der Waals surface area contributed by atoms with Gasteiger partial charge in [-0.3, -0.25) is 0 Å². The first-order chi connectivity index (χ1) is 9.34. The van der Waals surface area contributed by atoms with Crippen molar-refractivity contribution >= 4 is 23.7 Å². The summed E-state index contributed by atoms with van der Waals surface area (Å²) in [6.45, 7) is 8.76. The number of hydrogen-bond acceptors (Lipinski definition) is 6. The first kappa shape index (κ1) is 17.0. The molecule has 1 aliphatic heterocycles. The molecule has 0 aromatic rings. The largest absolute Gasteiger partial charge is 0.447 e. The van der Waals surface area contributed by atoms with E-state index in [-0.39, 0.29) is 5.57 Å². The highest BCUT2D eigenvalue weighted by Crippen LogP contribution is 2.24. The quantitative estimate of drug-likeness (QED) is 0.586. The van der Waals surface area contributed by atoms with Gasteiger partial charge in [-0.15, -0.1) is 0 Å². The van der Waals surface area contributed by atoms with Crippen molar-refractivity contribution in [2.24, 2.45) is 0 Å². The maximum Gasteiger partial charge on any atom is 0.349 e. The Bertz CT molecular complexity index is 372. The van der Waals surface area contributed by atoms with Gasteiger partial charge in [-0.25, -0.2) is 9.59 Å². The van der Waals surface area contributed by atoms with Gasteiger partial charge in [0.2, 0.25) is 5.79 Å². The highest BCUT2D eigenvalue weighted by Gasteiger charge is 2.33. The van der Waals surface area contributed by atoms with Crippen molar-refractivity contribution in [3.05, 3.63) is 12.2 Å². The second-order valence-electron chi connectivity index (χ2n) is 4.99. The van der Waals surface area contributed by atoms with E-state index in [1.807, 2.05) is 0 Å². The van der Waals surface area contributed by atoms with Crippen LogP contribution in [0.1, 0.15) is 33.6 Å². The lowest BCUT2D eigenvalue weighted by molar-refractivity contribution is -0.222. The molecular weight excluding hydrogens is 280 g/mol. The molecule has 1 saturated heterocycles. The molecule has 0 bridgehead atoms. The zero-order valence-electron chi connectivity index (χ0n) is 12.3. The minimum Gasteiger partial charge on any atom is -0.447 e. The predicted molar refractivity (Wildman–Crippen MR) is 77.4 cm³/mol. The molecule has 0 aliphatic carbocycles. The Balaban J connectivity index is 2.53. The van der Waals surface area contributed by atoms with E-state index in [9.17, 15) is 9.59 Å². The molecule has 5 nitrogen and oxygen atoms in total. The van der Waals surface area contributed by atoms with Crippen LogP contribution < -0.4 is 0 Å². The van der Waals surface area contributed by atoms with Crippen molar-refractivity contribution < 1.29 is 23.8 Å². The van der Waals surface area contributed by atoms with Crippen LogP contribution in [-0.4, -0.2) is 41.9 Å². The normalized spacial score (nSPS) is 24.9. The Morgan fingerprint density at radius 1 is 1.40 bits per heavy atom. The van der Waals surface area contributed by atoms with Crippen LogP contribution in [0, 0.1) is 0 Å². The van der Waals surface area contributed by atoms with Gasteiger partial charge in [0.25, 0.3) is 0 Å². The molecule has 1 aliphatic rings. The summed E-state index contributed by atoms with van der Waals surface area (Å²) in [7, 11) is 0. The highest BCUT2D eigenvalue weighted by atomic mass is 32.2. The van der Waals surface area contributed by atoms with Crippen LogP contribution in [0.2, 0.25) is 0 Å². The number of thioether (sulfide) groups is 1. The van der Waals surface area contributed by atoms with Crippen molar-refractivity contribution in [3.8, 4) is 0 Å². The second kappa shape index (κ2) is 7.69. The van der Waals surface area contributed by atoms with Crippen molar-refractivity contribution in [2.75, 3.05) is 18.1 Å². The molecule has 0 aromatic carbocycles. The highest BCUT2D eigenvalue weighted by molar-refractivity contribution is 7.99. The van der Waals surface area contributed by atoms with Crippen LogP contribution in [0.3, 0.4) is 0 Å². The van der Waals surface area contributed by atoms with Crippen molar-refractivity contribution in [1.29, 1.82) is 0 Å². The average Bonchev–Trinajstić information content (AvgIpc) is 2.34. The van der Waals surface area contributed by atoms with Gasteiger partial charge in [0, 0.05) is 12.5 Å². The zero-order chi connectivity index (χ0) is 15.2. The van der Waals surface area contributed by atoms with Crippen LogP contribution in [0.4, 0.5) is 0 Å². The third kappa shape index (κ3) is 5.54. The van der Waals surface area contributed by atoms with Gasteiger partial charge < -0.3 is 14.2 Å². The Kier molecular flexibility index (Phi) is 6.55. The number of esters is 2. The SMILES string of the molecule is C=C(C)C(=O)OC(C)C(=O)OC1(C)CSCCCCO1. The fourth-order valence-electron chi connectivity index (χ4n) is 1.56. The van der Waals surface area contributed by atoms with Crippen LogP contribution in [0.5, 0.6) is 0 Å². The fraction of sp³-hybridized carbons (Fsp3) is 0.714. The molecule has 1 heterocycles. The lowest BCUT2D eigenvalue weighted by atomic mass is 10.3. The zero-order valence-corrected chi connectivity index (χ0v) is 13.1. The lowest BCUT2D eigenvalue weighted by Gasteiger charge is -2.31.